The molecule has 1 unspecified atom stereocenters. The van der Waals surface area contributed by atoms with E-state index in [2.05, 4.69) is 22.0 Å². The third-order valence-electron chi connectivity index (χ3n) is 3.48. The first kappa shape index (κ1) is 10.5. The Kier molecular flexibility index (Phi) is 2.48. The molecule has 1 aliphatic heterocycles. The molecule has 2 aromatic heterocycles. The number of aromatic nitrogens is 3. The number of piperidine rings is 1. The molecule has 3 rings (SSSR count). The summed E-state index contributed by atoms with van der Waals surface area (Å²) in [6, 6.07) is 5.44. The van der Waals surface area contributed by atoms with E-state index < -0.39 is 0 Å². The lowest BCUT2D eigenvalue weighted by Crippen LogP contribution is -2.30. The van der Waals surface area contributed by atoms with E-state index in [0.29, 0.717) is 11.7 Å². The first-order valence-electron chi connectivity index (χ1n) is 6.03. The highest BCUT2D eigenvalue weighted by atomic mass is 16.1. The van der Waals surface area contributed by atoms with Gasteiger partial charge in [-0.25, -0.2) is 9.50 Å². The second kappa shape index (κ2) is 4.00. The Morgan fingerprint density at radius 1 is 1.41 bits per heavy atom. The van der Waals surface area contributed by atoms with Gasteiger partial charge in [-0.05, 0) is 32.5 Å². The highest BCUT2D eigenvalue weighted by Crippen LogP contribution is 2.27. The van der Waals surface area contributed by atoms with E-state index in [1.54, 1.807) is 12.1 Å². The van der Waals surface area contributed by atoms with Gasteiger partial charge in [-0.3, -0.25) is 14.8 Å². The van der Waals surface area contributed by atoms with E-state index in [1.807, 2.05) is 6.07 Å². The molecule has 90 valence electrons. The van der Waals surface area contributed by atoms with Crippen LogP contribution in [0.5, 0.6) is 0 Å². The molecule has 1 N–H and O–H groups in total. The van der Waals surface area contributed by atoms with Crippen molar-refractivity contribution < 1.29 is 0 Å². The second-order valence-corrected chi connectivity index (χ2v) is 4.66. The lowest BCUT2D eigenvalue weighted by molar-refractivity contribution is 0.179. The quantitative estimate of drug-likeness (QED) is 0.803. The number of pyridine rings is 1. The summed E-state index contributed by atoms with van der Waals surface area (Å²) < 4.78 is 1.51. The predicted molar refractivity (Wildman–Crippen MR) is 65.0 cm³/mol. The van der Waals surface area contributed by atoms with Crippen molar-refractivity contribution >= 4 is 5.65 Å². The first-order chi connectivity index (χ1) is 8.25. The topological polar surface area (TPSA) is 53.4 Å². The Morgan fingerprint density at radius 2 is 2.29 bits per heavy atom. The van der Waals surface area contributed by atoms with Crippen molar-refractivity contribution in [1.82, 2.24) is 19.5 Å². The molecule has 0 aromatic carbocycles. The number of nitrogens with zero attached hydrogens (tertiary/aromatic N) is 3. The molecule has 5 heteroatoms. The van der Waals surface area contributed by atoms with E-state index in [1.165, 1.54) is 17.4 Å². The predicted octanol–water partition coefficient (Wildman–Crippen LogP) is 1.18. The fraction of sp³-hybridized carbons (Fsp3) is 0.500. The number of likely N-dealkylation sites (tertiary alicyclic amines) is 1. The van der Waals surface area contributed by atoms with Gasteiger partial charge in [0, 0.05) is 6.07 Å². The van der Waals surface area contributed by atoms with E-state index >= 15 is 0 Å². The second-order valence-electron chi connectivity index (χ2n) is 4.66. The molecule has 0 amide bonds. The lowest BCUT2D eigenvalue weighted by Gasteiger charge is -2.30. The molecule has 0 aliphatic carbocycles. The molecule has 1 atom stereocenters. The summed E-state index contributed by atoms with van der Waals surface area (Å²) in [4.78, 5) is 18.4. The number of hydrogen-bond donors (Lipinski definition) is 1. The number of fused-ring (bicyclic) bond motifs is 1. The number of nitrogens with one attached hydrogen (secondary N) is 1. The smallest absolute Gasteiger partial charge is 0.271 e. The standard InChI is InChI=1S/C12H16N4O/c1-15-8-3-2-5-9(15)12-13-10-6-4-7-11(17)16(10)14-12/h4,6-7,9H,2-3,5,8H2,1H3,(H,13,14). The largest absolute Gasteiger partial charge is 0.297 e. The van der Waals surface area contributed by atoms with Gasteiger partial charge in [-0.15, -0.1) is 0 Å². The summed E-state index contributed by atoms with van der Waals surface area (Å²) in [5.74, 6) is 0.899. The van der Waals surface area contributed by atoms with E-state index in [-0.39, 0.29) is 5.56 Å². The van der Waals surface area contributed by atoms with Gasteiger partial charge >= 0.3 is 0 Å². The summed E-state index contributed by atoms with van der Waals surface area (Å²) in [6.45, 7) is 1.09. The third kappa shape index (κ3) is 1.76. The fourth-order valence-corrected chi connectivity index (χ4v) is 2.51. The molecule has 1 fully saturated rings. The van der Waals surface area contributed by atoms with Gasteiger partial charge in [0.25, 0.3) is 5.56 Å². The molecule has 5 nitrogen and oxygen atoms in total. The molecule has 0 spiro atoms. The van der Waals surface area contributed by atoms with Crippen LogP contribution in [0.1, 0.15) is 31.1 Å². The van der Waals surface area contributed by atoms with Crippen molar-refractivity contribution in [2.45, 2.75) is 25.3 Å². The molecular weight excluding hydrogens is 216 g/mol. The van der Waals surface area contributed by atoms with Crippen molar-refractivity contribution in [2.75, 3.05) is 13.6 Å². The zero-order chi connectivity index (χ0) is 11.8. The minimum Gasteiger partial charge on any atom is -0.297 e. The third-order valence-corrected chi connectivity index (χ3v) is 3.48. The van der Waals surface area contributed by atoms with Gasteiger partial charge in [0.15, 0.2) is 5.65 Å². The maximum atomic E-state index is 11.6. The molecule has 0 radical (unpaired) electrons. The average Bonchev–Trinajstić information content (AvgIpc) is 2.75. The first-order valence-corrected chi connectivity index (χ1v) is 6.03. The van der Waals surface area contributed by atoms with E-state index in [9.17, 15) is 4.79 Å². The Balaban J connectivity index is 2.05. The van der Waals surface area contributed by atoms with Crippen LogP contribution in [0.4, 0.5) is 0 Å². The Bertz CT molecular complexity index is 585. The van der Waals surface area contributed by atoms with Crippen LogP contribution in [-0.2, 0) is 0 Å². The average molecular weight is 232 g/mol. The molecule has 0 bridgehead atoms. The number of H-pyrrole nitrogens is 1. The maximum Gasteiger partial charge on any atom is 0.271 e. The molecular formula is C12H16N4O. The Labute approximate surface area is 99.1 Å². The van der Waals surface area contributed by atoms with E-state index in [4.69, 9.17) is 0 Å². The van der Waals surface area contributed by atoms with Crippen molar-refractivity contribution in [2.24, 2.45) is 0 Å². The van der Waals surface area contributed by atoms with Crippen LogP contribution in [-0.4, -0.2) is 33.1 Å². The SMILES string of the molecule is CN1CCCCC1c1nc2cccc(=O)n2[nH]1. The summed E-state index contributed by atoms with van der Waals surface area (Å²) in [7, 11) is 2.11. The number of hydrogen-bond acceptors (Lipinski definition) is 3. The van der Waals surface area contributed by atoms with Crippen molar-refractivity contribution in [3.05, 3.63) is 34.4 Å². The summed E-state index contributed by atoms with van der Waals surface area (Å²) in [5.41, 5.74) is 0.645. The van der Waals surface area contributed by atoms with Crippen LogP contribution in [0.3, 0.4) is 0 Å². The molecule has 0 saturated carbocycles. The zero-order valence-corrected chi connectivity index (χ0v) is 9.89. The zero-order valence-electron chi connectivity index (χ0n) is 9.89. The van der Waals surface area contributed by atoms with Crippen molar-refractivity contribution in [1.29, 1.82) is 0 Å². The van der Waals surface area contributed by atoms with Crippen LogP contribution < -0.4 is 5.56 Å². The van der Waals surface area contributed by atoms with Crippen molar-refractivity contribution in [3.8, 4) is 0 Å². The van der Waals surface area contributed by atoms with Gasteiger partial charge in [-0.2, -0.15) is 0 Å². The van der Waals surface area contributed by atoms with Gasteiger partial charge in [0.2, 0.25) is 0 Å². The monoisotopic (exact) mass is 232 g/mol. The summed E-state index contributed by atoms with van der Waals surface area (Å²) in [5, 5.41) is 3.12. The summed E-state index contributed by atoms with van der Waals surface area (Å²) >= 11 is 0. The Hall–Kier alpha value is -1.62. The van der Waals surface area contributed by atoms with Crippen molar-refractivity contribution in [3.63, 3.8) is 0 Å². The normalized spacial score (nSPS) is 22.1. The number of rotatable bonds is 1. The maximum absolute atomic E-state index is 11.6. The molecule has 2 aromatic rings. The van der Waals surface area contributed by atoms with Crippen LogP contribution in [0.15, 0.2) is 23.0 Å². The molecule has 1 aliphatic rings. The minimum absolute atomic E-state index is 0.0558. The minimum atomic E-state index is -0.0558. The van der Waals surface area contributed by atoms with Gasteiger partial charge < -0.3 is 0 Å². The van der Waals surface area contributed by atoms with Gasteiger partial charge in [0.1, 0.15) is 5.82 Å². The summed E-state index contributed by atoms with van der Waals surface area (Å²) in [6.07, 6.45) is 3.57. The molecule has 17 heavy (non-hydrogen) atoms. The molecule has 1 saturated heterocycles. The van der Waals surface area contributed by atoms with Crippen LogP contribution in [0.2, 0.25) is 0 Å². The van der Waals surface area contributed by atoms with Gasteiger partial charge in [0.05, 0.1) is 6.04 Å². The van der Waals surface area contributed by atoms with Gasteiger partial charge in [-0.1, -0.05) is 12.5 Å². The highest BCUT2D eigenvalue weighted by Gasteiger charge is 2.23. The van der Waals surface area contributed by atoms with Crippen LogP contribution in [0.25, 0.3) is 5.65 Å². The fourth-order valence-electron chi connectivity index (χ4n) is 2.51. The lowest BCUT2D eigenvalue weighted by atomic mass is 10.0. The molecule has 3 heterocycles. The van der Waals surface area contributed by atoms with E-state index in [0.717, 1.165) is 18.8 Å². The number of aromatic amines is 1. The highest BCUT2D eigenvalue weighted by molar-refractivity contribution is 5.36. The van der Waals surface area contributed by atoms with Crippen LogP contribution >= 0.6 is 0 Å². The Morgan fingerprint density at radius 3 is 3.06 bits per heavy atom. The van der Waals surface area contributed by atoms with Crippen LogP contribution in [0, 0.1) is 0 Å².